The second kappa shape index (κ2) is 7.41. The van der Waals surface area contributed by atoms with Gasteiger partial charge in [0.05, 0.1) is 12.2 Å². The second-order valence-electron chi connectivity index (χ2n) is 11.0. The van der Waals surface area contributed by atoms with Crippen LogP contribution in [0.1, 0.15) is 53.4 Å². The van der Waals surface area contributed by atoms with Crippen LogP contribution in [0.4, 0.5) is 4.39 Å². The number of fused-ring (bicyclic) bond motifs is 5. The number of hydrogen-bond acceptors (Lipinski definition) is 8. The van der Waals surface area contributed by atoms with Gasteiger partial charge in [-0.15, -0.1) is 0 Å². The molecule has 4 rings (SSSR count). The number of aliphatic hydroxyl groups is 4. The lowest BCUT2D eigenvalue weighted by atomic mass is 9.42. The van der Waals surface area contributed by atoms with E-state index in [-0.39, 0.29) is 37.0 Å². The molecule has 0 aromatic carbocycles. The molecule has 4 aliphatic rings. The van der Waals surface area contributed by atoms with Crippen molar-refractivity contribution in [2.24, 2.45) is 28.6 Å². The molecule has 3 saturated carbocycles. The number of rotatable bonds is 3. The van der Waals surface area contributed by atoms with Gasteiger partial charge in [0.1, 0.15) is 11.7 Å². The third kappa shape index (κ3) is 2.85. The molecular weight excluding hydrogens is 435 g/mol. The molecule has 0 radical (unpaired) electrons. The van der Waals surface area contributed by atoms with Gasteiger partial charge in [-0.2, -0.15) is 0 Å². The highest BCUT2D eigenvalue weighted by Crippen LogP contribution is 2.71. The van der Waals surface area contributed by atoms with Gasteiger partial charge in [-0.3, -0.25) is 14.4 Å². The maximum absolute atomic E-state index is 17.2. The molecule has 4 unspecified atom stereocenters. The lowest BCUT2D eigenvalue weighted by Crippen LogP contribution is -2.74. The van der Waals surface area contributed by atoms with E-state index in [2.05, 4.69) is 0 Å². The maximum Gasteiger partial charge on any atom is 0.303 e. The Morgan fingerprint density at radius 3 is 2.48 bits per heavy atom. The molecule has 4 N–H and O–H groups in total. The Bertz CT molecular complexity index is 933. The highest BCUT2D eigenvalue weighted by molar-refractivity contribution is 5.92. The van der Waals surface area contributed by atoms with Crippen LogP contribution >= 0.6 is 0 Å². The first-order valence-electron chi connectivity index (χ1n) is 11.5. The number of carbonyl (C=O) groups is 3. The molecule has 9 heteroatoms. The number of Topliss-reactive ketones (excluding diaryl/α,β-unsaturated/α-hetero) is 1. The highest BCUT2D eigenvalue weighted by Gasteiger charge is 2.78. The summed E-state index contributed by atoms with van der Waals surface area (Å²) < 4.78 is 22.0. The molecule has 0 amide bonds. The number of carbonyl (C=O) groups excluding carboxylic acids is 3. The quantitative estimate of drug-likeness (QED) is 0.442. The first-order chi connectivity index (χ1) is 15.2. The predicted molar refractivity (Wildman–Crippen MR) is 112 cm³/mol. The Hall–Kier alpha value is -1.68. The van der Waals surface area contributed by atoms with Gasteiger partial charge in [0.25, 0.3) is 0 Å². The largest absolute Gasteiger partial charge is 0.458 e. The van der Waals surface area contributed by atoms with Crippen molar-refractivity contribution in [3.8, 4) is 0 Å². The molecule has 184 valence electrons. The van der Waals surface area contributed by atoms with Crippen molar-refractivity contribution in [1.29, 1.82) is 0 Å². The fourth-order valence-corrected chi connectivity index (χ4v) is 7.79. The Labute approximate surface area is 191 Å². The smallest absolute Gasteiger partial charge is 0.303 e. The molecule has 0 aromatic heterocycles. The number of ether oxygens (including phenoxy) is 1. The van der Waals surface area contributed by atoms with E-state index in [0.717, 1.165) is 6.92 Å². The van der Waals surface area contributed by atoms with E-state index in [9.17, 15) is 34.8 Å². The summed E-state index contributed by atoms with van der Waals surface area (Å²) in [4.78, 5) is 36.4. The minimum absolute atomic E-state index is 0.0526. The highest BCUT2D eigenvalue weighted by atomic mass is 19.1. The summed E-state index contributed by atoms with van der Waals surface area (Å²) in [5.41, 5.74) is -7.06. The first kappa shape index (κ1) is 24.4. The summed E-state index contributed by atoms with van der Waals surface area (Å²) in [6.45, 7) is 5.28. The SMILES string of the molecule is CC(=O)OCC(=O)[C@@]1(O)C(C)C[C@H]2[C@@H]3C(O)C(O)C4=CC(=O)CC[C@]4(C)[C@@]3(F)C(O)C[C@@]21C. The summed E-state index contributed by atoms with van der Waals surface area (Å²) in [6.07, 6.45) is -3.62. The van der Waals surface area contributed by atoms with Gasteiger partial charge in [0, 0.05) is 30.1 Å². The van der Waals surface area contributed by atoms with Gasteiger partial charge >= 0.3 is 5.97 Å². The van der Waals surface area contributed by atoms with Crippen LogP contribution in [-0.4, -0.2) is 74.2 Å². The monoisotopic (exact) mass is 468 g/mol. The molecule has 3 fully saturated rings. The van der Waals surface area contributed by atoms with Crippen LogP contribution in [0.5, 0.6) is 0 Å². The molecule has 0 saturated heterocycles. The van der Waals surface area contributed by atoms with Gasteiger partial charge < -0.3 is 25.2 Å². The average molecular weight is 469 g/mol. The van der Waals surface area contributed by atoms with E-state index in [1.165, 1.54) is 6.08 Å². The molecule has 0 spiro atoms. The number of aliphatic hydroxyl groups excluding tert-OH is 3. The van der Waals surface area contributed by atoms with Gasteiger partial charge in [-0.05, 0) is 42.7 Å². The summed E-state index contributed by atoms with van der Waals surface area (Å²) in [7, 11) is 0. The predicted octanol–water partition coefficient (Wildman–Crippen LogP) is 0.632. The fraction of sp³-hybridized carbons (Fsp3) is 0.792. The molecule has 0 aliphatic heterocycles. The zero-order chi connectivity index (χ0) is 24.7. The third-order valence-corrected chi connectivity index (χ3v) is 9.54. The topological polar surface area (TPSA) is 141 Å². The van der Waals surface area contributed by atoms with E-state index in [1.54, 1.807) is 20.8 Å². The molecule has 4 aliphatic carbocycles. The van der Waals surface area contributed by atoms with E-state index in [1.807, 2.05) is 0 Å². The van der Waals surface area contributed by atoms with Crippen LogP contribution in [0.3, 0.4) is 0 Å². The van der Waals surface area contributed by atoms with Crippen LogP contribution < -0.4 is 0 Å². The number of hydrogen-bond donors (Lipinski definition) is 4. The first-order valence-corrected chi connectivity index (χ1v) is 11.5. The van der Waals surface area contributed by atoms with Gasteiger partial charge in [0.2, 0.25) is 5.78 Å². The van der Waals surface area contributed by atoms with Crippen molar-refractivity contribution in [2.45, 2.75) is 83.0 Å². The maximum atomic E-state index is 17.2. The molecule has 10 atom stereocenters. The van der Waals surface area contributed by atoms with Crippen LogP contribution in [0, 0.1) is 28.6 Å². The van der Waals surface area contributed by atoms with Crippen molar-refractivity contribution in [1.82, 2.24) is 0 Å². The van der Waals surface area contributed by atoms with Crippen molar-refractivity contribution in [3.63, 3.8) is 0 Å². The van der Waals surface area contributed by atoms with Crippen LogP contribution in [-0.2, 0) is 19.1 Å². The Morgan fingerprint density at radius 2 is 1.88 bits per heavy atom. The van der Waals surface area contributed by atoms with Crippen LogP contribution in [0.2, 0.25) is 0 Å². The third-order valence-electron chi connectivity index (χ3n) is 9.54. The number of halogens is 1. The average Bonchev–Trinajstić information content (AvgIpc) is 2.93. The van der Waals surface area contributed by atoms with E-state index < -0.39 is 76.5 Å². The summed E-state index contributed by atoms with van der Waals surface area (Å²) in [6, 6.07) is 0. The summed E-state index contributed by atoms with van der Waals surface area (Å²) >= 11 is 0. The van der Waals surface area contributed by atoms with Gasteiger partial charge in [-0.1, -0.05) is 20.8 Å². The standard InChI is InChI=1S/C24H33FO8/c1-11-7-14-18-20(31)19(30)15-8-13(27)5-6-21(15,3)23(18,25)16(28)9-22(14,4)24(11,32)17(29)10-33-12(2)26/h8,11,14,16,18-20,28,30-32H,5-7,9-10H2,1-4H3/t11?,14-,16?,18+,19?,20?,21-,22-,23+,24-/m0/s1. The van der Waals surface area contributed by atoms with Crippen LogP contribution in [0.15, 0.2) is 11.6 Å². The van der Waals surface area contributed by atoms with Crippen molar-refractivity contribution in [2.75, 3.05) is 6.61 Å². The molecule has 0 heterocycles. The summed E-state index contributed by atoms with van der Waals surface area (Å²) in [5.74, 6) is -4.41. The lowest BCUT2D eigenvalue weighted by Gasteiger charge is -2.65. The van der Waals surface area contributed by atoms with Gasteiger partial charge in [0.15, 0.2) is 18.1 Å². The number of ketones is 2. The normalized spacial score (nSPS) is 51.2. The minimum atomic E-state index is -2.38. The zero-order valence-corrected chi connectivity index (χ0v) is 19.4. The van der Waals surface area contributed by atoms with Crippen LogP contribution in [0.25, 0.3) is 0 Å². The zero-order valence-electron chi connectivity index (χ0n) is 19.4. The molecule has 33 heavy (non-hydrogen) atoms. The summed E-state index contributed by atoms with van der Waals surface area (Å²) in [5, 5.41) is 45.1. The molecule has 8 nitrogen and oxygen atoms in total. The van der Waals surface area contributed by atoms with Crippen molar-refractivity contribution < 1.29 is 43.9 Å². The number of alkyl halides is 1. The van der Waals surface area contributed by atoms with Gasteiger partial charge in [-0.25, -0.2) is 4.39 Å². The molecule has 0 aromatic rings. The molecule has 0 bridgehead atoms. The molecular formula is C24H33FO8. The second-order valence-corrected chi connectivity index (χ2v) is 11.0. The van der Waals surface area contributed by atoms with E-state index in [4.69, 9.17) is 4.74 Å². The Balaban J connectivity index is 1.83. The van der Waals surface area contributed by atoms with E-state index in [0.29, 0.717) is 0 Å². The van der Waals surface area contributed by atoms with Crippen molar-refractivity contribution >= 4 is 17.5 Å². The Kier molecular flexibility index (Phi) is 5.49. The lowest BCUT2D eigenvalue weighted by molar-refractivity contribution is -0.262. The van der Waals surface area contributed by atoms with Crippen molar-refractivity contribution in [3.05, 3.63) is 11.6 Å². The fourth-order valence-electron chi connectivity index (χ4n) is 7.79. The Morgan fingerprint density at radius 1 is 1.24 bits per heavy atom. The number of esters is 1. The van der Waals surface area contributed by atoms with E-state index >= 15 is 4.39 Å². The minimum Gasteiger partial charge on any atom is -0.458 e.